The van der Waals surface area contributed by atoms with Gasteiger partial charge >= 0.3 is 0 Å². The molecule has 0 spiro atoms. The Morgan fingerprint density at radius 1 is 1.08 bits per heavy atom. The third kappa shape index (κ3) is 4.65. The molecule has 2 heteroatoms. The molecule has 1 aromatic carbocycles. The van der Waals surface area contributed by atoms with Crippen LogP contribution in [-0.4, -0.2) is 24.8 Å². The van der Waals surface area contributed by atoms with Gasteiger partial charge in [0.05, 0.1) is 0 Å². The van der Waals surface area contributed by atoms with Gasteiger partial charge in [-0.15, -0.1) is 0 Å². The van der Waals surface area contributed by atoms with E-state index in [9.17, 15) is 0 Å². The Morgan fingerprint density at radius 2 is 1.85 bits per heavy atom. The van der Waals surface area contributed by atoms with Crippen LogP contribution in [0.5, 0.6) is 0 Å². The molecular weight excluding hydrogens is 162 g/mol. The van der Waals surface area contributed by atoms with E-state index >= 15 is 0 Å². The van der Waals surface area contributed by atoms with Crippen molar-refractivity contribution < 1.29 is 5.11 Å². The second-order valence-corrected chi connectivity index (χ2v) is 3.06. The minimum absolute atomic E-state index is 0.276. The third-order valence-corrected chi connectivity index (χ3v) is 1.94. The average Bonchev–Trinajstić information content (AvgIpc) is 2.19. The van der Waals surface area contributed by atoms with Crippen LogP contribution in [0.4, 0.5) is 0 Å². The molecule has 0 unspecified atom stereocenters. The minimum atomic E-state index is 0.276. The van der Waals surface area contributed by atoms with Crippen molar-refractivity contribution in [2.75, 3.05) is 19.7 Å². The fourth-order valence-corrected chi connectivity index (χ4v) is 1.21. The topological polar surface area (TPSA) is 32.3 Å². The van der Waals surface area contributed by atoms with Gasteiger partial charge in [0.2, 0.25) is 0 Å². The van der Waals surface area contributed by atoms with E-state index in [0.29, 0.717) is 0 Å². The van der Waals surface area contributed by atoms with Crippen molar-refractivity contribution in [2.24, 2.45) is 0 Å². The van der Waals surface area contributed by atoms with Crippen molar-refractivity contribution in [3.05, 3.63) is 35.9 Å². The molecule has 0 atom stereocenters. The quantitative estimate of drug-likeness (QED) is 0.643. The van der Waals surface area contributed by atoms with Crippen molar-refractivity contribution in [2.45, 2.75) is 12.8 Å². The Labute approximate surface area is 79.6 Å². The summed E-state index contributed by atoms with van der Waals surface area (Å²) in [6.45, 7) is 2.17. The molecule has 0 aliphatic rings. The predicted octanol–water partition coefficient (Wildman–Crippen LogP) is 1.20. The first kappa shape index (κ1) is 10.2. The van der Waals surface area contributed by atoms with E-state index in [2.05, 4.69) is 29.6 Å². The van der Waals surface area contributed by atoms with Crippen LogP contribution in [0, 0.1) is 0 Å². The van der Waals surface area contributed by atoms with Gasteiger partial charge in [0.15, 0.2) is 0 Å². The highest BCUT2D eigenvalue weighted by Crippen LogP contribution is 1.97. The monoisotopic (exact) mass is 179 g/mol. The molecule has 2 nitrogen and oxygen atoms in total. The Bertz CT molecular complexity index is 211. The normalized spacial score (nSPS) is 10.2. The molecule has 0 heterocycles. The summed E-state index contributed by atoms with van der Waals surface area (Å²) in [4.78, 5) is 0. The summed E-state index contributed by atoms with van der Waals surface area (Å²) in [6.07, 6.45) is 1.90. The van der Waals surface area contributed by atoms with Crippen LogP contribution in [0.1, 0.15) is 12.0 Å². The molecule has 0 saturated heterocycles. The standard InChI is InChI=1S/C11H17NO/c13-10-4-8-12-9-7-11-5-2-1-3-6-11/h1-3,5-6,12-13H,4,7-10H2. The first-order chi connectivity index (χ1) is 6.43. The van der Waals surface area contributed by atoms with Gasteiger partial charge in [-0.2, -0.15) is 0 Å². The van der Waals surface area contributed by atoms with E-state index in [1.807, 2.05) is 6.07 Å². The van der Waals surface area contributed by atoms with Gasteiger partial charge < -0.3 is 10.4 Å². The lowest BCUT2D eigenvalue weighted by Crippen LogP contribution is -2.19. The number of hydrogen-bond acceptors (Lipinski definition) is 2. The molecule has 72 valence electrons. The molecule has 1 rings (SSSR count). The molecule has 2 N–H and O–H groups in total. The van der Waals surface area contributed by atoms with Crippen LogP contribution < -0.4 is 5.32 Å². The van der Waals surface area contributed by atoms with Crippen molar-refractivity contribution in [3.8, 4) is 0 Å². The van der Waals surface area contributed by atoms with E-state index in [-0.39, 0.29) is 6.61 Å². The lowest BCUT2D eigenvalue weighted by Gasteiger charge is -2.02. The van der Waals surface area contributed by atoms with Gasteiger partial charge in [-0.25, -0.2) is 0 Å². The highest BCUT2D eigenvalue weighted by Gasteiger charge is 1.90. The zero-order valence-corrected chi connectivity index (χ0v) is 7.87. The first-order valence-corrected chi connectivity index (χ1v) is 4.79. The molecule has 0 aliphatic carbocycles. The Balaban J connectivity index is 2.07. The van der Waals surface area contributed by atoms with Crippen molar-refractivity contribution in [3.63, 3.8) is 0 Å². The summed E-state index contributed by atoms with van der Waals surface area (Å²) in [6, 6.07) is 10.4. The van der Waals surface area contributed by atoms with E-state index < -0.39 is 0 Å². The van der Waals surface area contributed by atoms with E-state index in [0.717, 1.165) is 25.9 Å². The van der Waals surface area contributed by atoms with E-state index in [1.54, 1.807) is 0 Å². The van der Waals surface area contributed by atoms with Crippen molar-refractivity contribution >= 4 is 0 Å². The van der Waals surface area contributed by atoms with Gasteiger partial charge in [-0.05, 0) is 31.5 Å². The smallest absolute Gasteiger partial charge is 0.0443 e. The summed E-state index contributed by atoms with van der Waals surface area (Å²) in [5.41, 5.74) is 1.36. The van der Waals surface area contributed by atoms with Gasteiger partial charge in [0.1, 0.15) is 0 Å². The third-order valence-electron chi connectivity index (χ3n) is 1.94. The Hall–Kier alpha value is -0.860. The molecule has 0 radical (unpaired) electrons. The second kappa shape index (κ2) is 6.63. The van der Waals surface area contributed by atoms with Crippen molar-refractivity contribution in [1.82, 2.24) is 5.32 Å². The molecule has 0 saturated carbocycles. The molecular formula is C11H17NO. The average molecular weight is 179 g/mol. The molecule has 13 heavy (non-hydrogen) atoms. The number of rotatable bonds is 6. The summed E-state index contributed by atoms with van der Waals surface area (Å²) >= 11 is 0. The lowest BCUT2D eigenvalue weighted by molar-refractivity contribution is 0.286. The van der Waals surface area contributed by atoms with Crippen LogP contribution in [-0.2, 0) is 6.42 Å². The number of aliphatic hydroxyl groups excluding tert-OH is 1. The number of nitrogens with one attached hydrogen (secondary N) is 1. The van der Waals surface area contributed by atoms with Gasteiger partial charge in [0.25, 0.3) is 0 Å². The second-order valence-electron chi connectivity index (χ2n) is 3.06. The first-order valence-electron chi connectivity index (χ1n) is 4.79. The Kier molecular flexibility index (Phi) is 5.22. The van der Waals surface area contributed by atoms with Gasteiger partial charge in [-0.1, -0.05) is 30.3 Å². The number of hydrogen-bond donors (Lipinski definition) is 2. The fourth-order valence-electron chi connectivity index (χ4n) is 1.21. The zero-order chi connectivity index (χ0) is 9.36. The summed E-state index contributed by atoms with van der Waals surface area (Å²) < 4.78 is 0. The fraction of sp³-hybridized carbons (Fsp3) is 0.455. The molecule has 0 aromatic heterocycles. The lowest BCUT2D eigenvalue weighted by atomic mass is 10.1. The minimum Gasteiger partial charge on any atom is -0.396 e. The summed E-state index contributed by atoms with van der Waals surface area (Å²) in [5, 5.41) is 11.8. The molecule has 0 aliphatic heterocycles. The summed E-state index contributed by atoms with van der Waals surface area (Å²) in [5.74, 6) is 0. The van der Waals surface area contributed by atoms with Crippen LogP contribution in [0.15, 0.2) is 30.3 Å². The molecule has 0 bridgehead atoms. The summed E-state index contributed by atoms with van der Waals surface area (Å²) in [7, 11) is 0. The van der Waals surface area contributed by atoms with E-state index in [1.165, 1.54) is 5.56 Å². The highest BCUT2D eigenvalue weighted by atomic mass is 16.3. The molecule has 0 fully saturated rings. The zero-order valence-electron chi connectivity index (χ0n) is 7.87. The molecule has 0 amide bonds. The largest absolute Gasteiger partial charge is 0.396 e. The van der Waals surface area contributed by atoms with Crippen LogP contribution in [0.3, 0.4) is 0 Å². The maximum atomic E-state index is 8.54. The van der Waals surface area contributed by atoms with E-state index in [4.69, 9.17) is 5.11 Å². The SMILES string of the molecule is OCCCNCCc1ccccc1. The van der Waals surface area contributed by atoms with Crippen LogP contribution in [0.25, 0.3) is 0 Å². The van der Waals surface area contributed by atoms with Gasteiger partial charge in [0, 0.05) is 6.61 Å². The maximum Gasteiger partial charge on any atom is 0.0443 e. The van der Waals surface area contributed by atoms with Crippen LogP contribution in [0.2, 0.25) is 0 Å². The number of benzene rings is 1. The Morgan fingerprint density at radius 3 is 2.54 bits per heavy atom. The van der Waals surface area contributed by atoms with Crippen molar-refractivity contribution in [1.29, 1.82) is 0 Å². The molecule has 1 aromatic rings. The van der Waals surface area contributed by atoms with Crippen LogP contribution >= 0.6 is 0 Å². The number of aliphatic hydroxyl groups is 1. The predicted molar refractivity (Wildman–Crippen MR) is 54.7 cm³/mol. The highest BCUT2D eigenvalue weighted by molar-refractivity contribution is 5.14. The van der Waals surface area contributed by atoms with Gasteiger partial charge in [-0.3, -0.25) is 0 Å². The maximum absolute atomic E-state index is 8.54.